The smallest absolute Gasteiger partial charge is 0.355 e. The molecule has 19 heavy (non-hydrogen) atoms. The molecule has 0 bridgehead atoms. The minimum Gasteiger partial charge on any atom is -0.494 e. The quantitative estimate of drug-likeness (QED) is 0.663. The Morgan fingerprint density at radius 3 is 2.74 bits per heavy atom. The van der Waals surface area contributed by atoms with E-state index >= 15 is 0 Å². The number of hydrogen-bond donors (Lipinski definition) is 1. The van der Waals surface area contributed by atoms with Crippen LogP contribution in [0, 0.1) is 0 Å². The Morgan fingerprint density at radius 1 is 1.32 bits per heavy atom. The van der Waals surface area contributed by atoms with Crippen LogP contribution >= 0.6 is 0 Å². The summed E-state index contributed by atoms with van der Waals surface area (Å²) in [6.07, 6.45) is 0.654. The Labute approximate surface area is 110 Å². The number of fused-ring (bicyclic) bond motifs is 1. The summed E-state index contributed by atoms with van der Waals surface area (Å²) < 4.78 is 10.3. The highest BCUT2D eigenvalue weighted by atomic mass is 16.5. The molecule has 1 aromatic carbocycles. The molecule has 0 fully saturated rings. The number of hydrogen-bond acceptors (Lipinski definition) is 4. The van der Waals surface area contributed by atoms with Crippen molar-refractivity contribution in [3.63, 3.8) is 0 Å². The summed E-state index contributed by atoms with van der Waals surface area (Å²) in [5, 5.41) is 0.656. The van der Waals surface area contributed by atoms with Crippen LogP contribution in [0.2, 0.25) is 0 Å². The summed E-state index contributed by atoms with van der Waals surface area (Å²) >= 11 is 0. The van der Waals surface area contributed by atoms with E-state index in [4.69, 9.17) is 9.47 Å². The topological polar surface area (TPSA) is 68.4 Å². The minimum absolute atomic E-state index is 0.181. The van der Waals surface area contributed by atoms with Crippen molar-refractivity contribution < 1.29 is 19.1 Å². The van der Waals surface area contributed by atoms with E-state index in [-0.39, 0.29) is 12.3 Å². The van der Waals surface area contributed by atoms with Gasteiger partial charge >= 0.3 is 5.97 Å². The van der Waals surface area contributed by atoms with Gasteiger partial charge in [-0.1, -0.05) is 0 Å². The lowest BCUT2D eigenvalue weighted by Crippen LogP contribution is -2.07. The van der Waals surface area contributed by atoms with E-state index in [9.17, 15) is 9.59 Å². The number of carbonyl (C=O) groups is 2. The number of rotatable bonds is 5. The number of aromatic amines is 1. The predicted octanol–water partition coefficient (Wildman–Crippen LogP) is 2.56. The largest absolute Gasteiger partial charge is 0.494 e. The maximum atomic E-state index is 11.8. The molecule has 0 atom stereocenters. The third-order valence-corrected chi connectivity index (χ3v) is 2.72. The van der Waals surface area contributed by atoms with Crippen LogP contribution in [0.4, 0.5) is 0 Å². The van der Waals surface area contributed by atoms with E-state index in [2.05, 4.69) is 4.98 Å². The van der Waals surface area contributed by atoms with Crippen LogP contribution in [-0.4, -0.2) is 30.5 Å². The second-order valence-electron chi connectivity index (χ2n) is 3.89. The van der Waals surface area contributed by atoms with Gasteiger partial charge in [-0.2, -0.15) is 0 Å². The molecule has 1 N–H and O–H groups in total. The van der Waals surface area contributed by atoms with E-state index in [1.807, 2.05) is 6.92 Å². The van der Waals surface area contributed by atoms with Crippen molar-refractivity contribution >= 4 is 23.2 Å². The van der Waals surface area contributed by atoms with Gasteiger partial charge in [0.25, 0.3) is 0 Å². The molecule has 1 heterocycles. The predicted molar refractivity (Wildman–Crippen MR) is 70.8 cm³/mol. The van der Waals surface area contributed by atoms with E-state index in [1.165, 1.54) is 0 Å². The second-order valence-corrected chi connectivity index (χ2v) is 3.89. The van der Waals surface area contributed by atoms with Crippen molar-refractivity contribution in [1.29, 1.82) is 0 Å². The first-order valence-corrected chi connectivity index (χ1v) is 6.12. The number of nitrogens with one attached hydrogen (secondary N) is 1. The molecular formula is C14H15NO4. The fourth-order valence-corrected chi connectivity index (χ4v) is 1.93. The highest BCUT2D eigenvalue weighted by Gasteiger charge is 2.18. The maximum absolute atomic E-state index is 11.8. The van der Waals surface area contributed by atoms with Crippen LogP contribution in [0.3, 0.4) is 0 Å². The summed E-state index contributed by atoms with van der Waals surface area (Å²) in [5.74, 6) is 0.131. The fraction of sp³-hybridized carbons (Fsp3) is 0.286. The third kappa shape index (κ3) is 2.45. The Kier molecular flexibility index (Phi) is 3.85. The number of H-pyrrole nitrogens is 1. The molecule has 0 radical (unpaired) electrons. The van der Waals surface area contributed by atoms with Gasteiger partial charge in [0.05, 0.1) is 18.8 Å². The van der Waals surface area contributed by atoms with Gasteiger partial charge in [0, 0.05) is 10.9 Å². The number of aldehydes is 1. The molecule has 0 aliphatic carbocycles. The summed E-state index contributed by atoms with van der Waals surface area (Å²) in [6.45, 7) is 4.40. The molecule has 5 nitrogen and oxygen atoms in total. The van der Waals surface area contributed by atoms with Crippen molar-refractivity contribution in [2.75, 3.05) is 13.2 Å². The van der Waals surface area contributed by atoms with Gasteiger partial charge in [0.1, 0.15) is 11.4 Å². The van der Waals surface area contributed by atoms with E-state index < -0.39 is 5.97 Å². The fourth-order valence-electron chi connectivity index (χ4n) is 1.93. The number of benzene rings is 1. The SMILES string of the molecule is CCOC(=O)c1[nH]c2ccc(OCC)cc2c1C=O. The maximum Gasteiger partial charge on any atom is 0.355 e. The van der Waals surface area contributed by atoms with Gasteiger partial charge in [0.15, 0.2) is 6.29 Å². The molecule has 2 aromatic rings. The molecule has 100 valence electrons. The number of esters is 1. The van der Waals surface area contributed by atoms with Gasteiger partial charge in [-0.25, -0.2) is 4.79 Å². The molecule has 0 saturated carbocycles. The van der Waals surface area contributed by atoms with Gasteiger partial charge < -0.3 is 14.5 Å². The Hall–Kier alpha value is -2.30. The van der Waals surface area contributed by atoms with Crippen molar-refractivity contribution in [3.8, 4) is 5.75 Å². The Bertz CT molecular complexity index is 615. The number of ether oxygens (including phenoxy) is 2. The highest BCUT2D eigenvalue weighted by Crippen LogP contribution is 2.26. The zero-order valence-corrected chi connectivity index (χ0v) is 10.9. The van der Waals surface area contributed by atoms with Crippen LogP contribution in [0.5, 0.6) is 5.75 Å². The van der Waals surface area contributed by atoms with Crippen LogP contribution in [0.1, 0.15) is 34.7 Å². The summed E-state index contributed by atoms with van der Waals surface area (Å²) in [5.41, 5.74) is 1.18. The van der Waals surface area contributed by atoms with Crippen molar-refractivity contribution in [3.05, 3.63) is 29.5 Å². The van der Waals surface area contributed by atoms with Crippen LogP contribution in [0.25, 0.3) is 10.9 Å². The van der Waals surface area contributed by atoms with Gasteiger partial charge in [-0.15, -0.1) is 0 Å². The van der Waals surface area contributed by atoms with Gasteiger partial charge in [0.2, 0.25) is 0 Å². The van der Waals surface area contributed by atoms with E-state index in [0.29, 0.717) is 35.1 Å². The summed E-state index contributed by atoms with van der Waals surface area (Å²) in [6, 6.07) is 5.30. The Morgan fingerprint density at radius 2 is 2.11 bits per heavy atom. The Balaban J connectivity index is 2.55. The molecule has 0 unspecified atom stereocenters. The van der Waals surface area contributed by atoms with E-state index in [1.54, 1.807) is 25.1 Å². The molecule has 0 spiro atoms. The van der Waals surface area contributed by atoms with Gasteiger partial charge in [-0.05, 0) is 32.0 Å². The number of carbonyl (C=O) groups excluding carboxylic acids is 2. The molecule has 5 heteroatoms. The average molecular weight is 261 g/mol. The standard InChI is InChI=1S/C14H15NO4/c1-3-18-9-5-6-12-10(7-9)11(8-16)13(15-12)14(17)19-4-2/h5-8,15H,3-4H2,1-2H3. The molecule has 0 amide bonds. The minimum atomic E-state index is -0.529. The highest BCUT2D eigenvalue weighted by molar-refractivity contribution is 6.08. The first-order valence-electron chi connectivity index (χ1n) is 6.12. The summed E-state index contributed by atoms with van der Waals surface area (Å²) in [7, 11) is 0. The van der Waals surface area contributed by atoms with Gasteiger partial charge in [-0.3, -0.25) is 4.79 Å². The molecule has 2 rings (SSSR count). The number of aromatic nitrogens is 1. The average Bonchev–Trinajstić information content (AvgIpc) is 2.77. The molecule has 0 saturated heterocycles. The monoisotopic (exact) mass is 261 g/mol. The lowest BCUT2D eigenvalue weighted by molar-refractivity contribution is 0.0518. The molecule has 1 aromatic heterocycles. The molecule has 0 aliphatic heterocycles. The van der Waals surface area contributed by atoms with Crippen LogP contribution < -0.4 is 4.74 Å². The summed E-state index contributed by atoms with van der Waals surface area (Å²) in [4.78, 5) is 25.9. The molecule has 0 aliphatic rings. The lowest BCUT2D eigenvalue weighted by atomic mass is 10.1. The third-order valence-electron chi connectivity index (χ3n) is 2.72. The first-order chi connectivity index (χ1) is 9.21. The second kappa shape index (κ2) is 5.56. The normalized spacial score (nSPS) is 10.4. The molecular weight excluding hydrogens is 246 g/mol. The van der Waals surface area contributed by atoms with Crippen molar-refractivity contribution in [1.82, 2.24) is 4.98 Å². The lowest BCUT2D eigenvalue weighted by Gasteiger charge is -2.02. The first kappa shape index (κ1) is 13.1. The van der Waals surface area contributed by atoms with Crippen molar-refractivity contribution in [2.45, 2.75) is 13.8 Å². The van der Waals surface area contributed by atoms with E-state index in [0.717, 1.165) is 0 Å². The zero-order valence-electron chi connectivity index (χ0n) is 10.9. The van der Waals surface area contributed by atoms with Crippen LogP contribution in [0.15, 0.2) is 18.2 Å². The van der Waals surface area contributed by atoms with Crippen LogP contribution in [-0.2, 0) is 4.74 Å². The van der Waals surface area contributed by atoms with Crippen molar-refractivity contribution in [2.24, 2.45) is 0 Å². The zero-order chi connectivity index (χ0) is 13.8.